The zero-order valence-corrected chi connectivity index (χ0v) is 13.6. The minimum absolute atomic E-state index is 0.236. The van der Waals surface area contributed by atoms with Crippen LogP contribution in [0.4, 0.5) is 5.95 Å². The molecule has 0 aliphatic rings. The Labute approximate surface area is 141 Å². The Hall–Kier alpha value is -2.73. The van der Waals surface area contributed by atoms with E-state index in [1.807, 2.05) is 54.6 Å². The van der Waals surface area contributed by atoms with Gasteiger partial charge in [0.05, 0.1) is 11.9 Å². The quantitative estimate of drug-likeness (QED) is 0.545. The van der Waals surface area contributed by atoms with Gasteiger partial charge in [0.2, 0.25) is 5.95 Å². The molecular weight excluding hydrogens is 356 g/mol. The summed E-state index contributed by atoms with van der Waals surface area (Å²) in [6, 6.07) is 18.7. The van der Waals surface area contributed by atoms with Gasteiger partial charge in [-0.15, -0.1) is 0 Å². The average Bonchev–Trinajstić information content (AvgIpc) is 2.57. The zero-order valence-electron chi connectivity index (χ0n) is 12.0. The maximum absolute atomic E-state index is 11.8. The molecule has 0 spiro atoms. The summed E-state index contributed by atoms with van der Waals surface area (Å²) >= 11 is 3.38. The molecule has 0 unspecified atom stereocenters. The number of rotatable bonds is 4. The second-order valence-electron chi connectivity index (χ2n) is 4.77. The standard InChI is InChI=1S/C17H13BrN4O/c18-14-8-6-12(7-9-14)11-19-22-17-20-15(10-16(23)21-17)13-4-2-1-3-5-13/h1-11H,(H2,20,21,22,23)/b19-11-. The second-order valence-corrected chi connectivity index (χ2v) is 5.68. The molecule has 114 valence electrons. The maximum Gasteiger partial charge on any atom is 0.252 e. The molecule has 2 aromatic carbocycles. The number of halogens is 1. The van der Waals surface area contributed by atoms with Crippen molar-refractivity contribution in [3.8, 4) is 11.3 Å². The van der Waals surface area contributed by atoms with Gasteiger partial charge in [0.1, 0.15) is 0 Å². The number of benzene rings is 2. The molecule has 5 nitrogen and oxygen atoms in total. The fourth-order valence-electron chi connectivity index (χ4n) is 1.98. The van der Waals surface area contributed by atoms with Crippen molar-refractivity contribution in [2.45, 2.75) is 0 Å². The van der Waals surface area contributed by atoms with E-state index >= 15 is 0 Å². The van der Waals surface area contributed by atoms with Crippen molar-refractivity contribution in [1.29, 1.82) is 0 Å². The van der Waals surface area contributed by atoms with Crippen LogP contribution in [0.15, 0.2) is 75.0 Å². The van der Waals surface area contributed by atoms with E-state index in [4.69, 9.17) is 0 Å². The summed E-state index contributed by atoms with van der Waals surface area (Å²) in [5, 5.41) is 4.09. The Balaban J connectivity index is 1.79. The summed E-state index contributed by atoms with van der Waals surface area (Å²) in [5.41, 5.74) is 4.91. The summed E-state index contributed by atoms with van der Waals surface area (Å²) in [6.07, 6.45) is 1.65. The van der Waals surface area contributed by atoms with Gasteiger partial charge in [0, 0.05) is 16.1 Å². The highest BCUT2D eigenvalue weighted by Crippen LogP contribution is 2.15. The molecular formula is C17H13BrN4O. The number of H-pyrrole nitrogens is 1. The molecule has 0 radical (unpaired) electrons. The van der Waals surface area contributed by atoms with E-state index in [0.29, 0.717) is 11.6 Å². The van der Waals surface area contributed by atoms with Crippen molar-refractivity contribution >= 4 is 28.1 Å². The topological polar surface area (TPSA) is 70.1 Å². The smallest absolute Gasteiger partial charge is 0.252 e. The lowest BCUT2D eigenvalue weighted by Gasteiger charge is -2.03. The third kappa shape index (κ3) is 4.14. The Morgan fingerprint density at radius 2 is 1.83 bits per heavy atom. The Morgan fingerprint density at radius 3 is 2.57 bits per heavy atom. The van der Waals surface area contributed by atoms with Gasteiger partial charge in [0.25, 0.3) is 5.56 Å². The van der Waals surface area contributed by atoms with Crippen LogP contribution in [0, 0.1) is 0 Å². The minimum atomic E-state index is -0.236. The molecule has 1 heterocycles. The number of aromatic amines is 1. The maximum atomic E-state index is 11.8. The van der Waals surface area contributed by atoms with E-state index in [1.165, 1.54) is 6.07 Å². The number of nitrogens with one attached hydrogen (secondary N) is 2. The van der Waals surface area contributed by atoms with Crippen molar-refractivity contribution < 1.29 is 0 Å². The van der Waals surface area contributed by atoms with E-state index in [9.17, 15) is 4.79 Å². The van der Waals surface area contributed by atoms with Crippen LogP contribution < -0.4 is 11.0 Å². The number of hydrogen-bond donors (Lipinski definition) is 2. The van der Waals surface area contributed by atoms with Crippen LogP contribution in [-0.4, -0.2) is 16.2 Å². The van der Waals surface area contributed by atoms with Crippen LogP contribution in [0.25, 0.3) is 11.3 Å². The van der Waals surface area contributed by atoms with E-state index < -0.39 is 0 Å². The Kier molecular flexibility index (Phi) is 4.63. The highest BCUT2D eigenvalue weighted by atomic mass is 79.9. The highest BCUT2D eigenvalue weighted by Gasteiger charge is 2.02. The predicted molar refractivity (Wildman–Crippen MR) is 95.7 cm³/mol. The first-order valence-corrected chi connectivity index (χ1v) is 7.71. The van der Waals surface area contributed by atoms with Crippen molar-refractivity contribution in [1.82, 2.24) is 9.97 Å². The van der Waals surface area contributed by atoms with Gasteiger partial charge in [-0.3, -0.25) is 9.78 Å². The number of anilines is 1. The van der Waals surface area contributed by atoms with Crippen molar-refractivity contribution in [2.24, 2.45) is 5.10 Å². The van der Waals surface area contributed by atoms with Crippen LogP contribution in [0.3, 0.4) is 0 Å². The highest BCUT2D eigenvalue weighted by molar-refractivity contribution is 9.10. The first kappa shape index (κ1) is 15.2. The Bertz CT molecular complexity index is 873. The molecule has 0 saturated heterocycles. The summed E-state index contributed by atoms with van der Waals surface area (Å²) in [7, 11) is 0. The van der Waals surface area contributed by atoms with E-state index in [0.717, 1.165) is 15.6 Å². The molecule has 0 aliphatic heterocycles. The molecule has 0 atom stereocenters. The average molecular weight is 369 g/mol. The number of hydrazone groups is 1. The molecule has 0 saturated carbocycles. The molecule has 0 amide bonds. The zero-order chi connectivity index (χ0) is 16.1. The van der Waals surface area contributed by atoms with Crippen molar-refractivity contribution in [2.75, 3.05) is 5.43 Å². The van der Waals surface area contributed by atoms with Gasteiger partial charge in [0.15, 0.2) is 0 Å². The Morgan fingerprint density at radius 1 is 1.09 bits per heavy atom. The third-order valence-electron chi connectivity index (χ3n) is 3.07. The fraction of sp³-hybridized carbons (Fsp3) is 0. The normalized spacial score (nSPS) is 10.8. The molecule has 23 heavy (non-hydrogen) atoms. The van der Waals surface area contributed by atoms with E-state index in [2.05, 4.69) is 36.4 Å². The molecule has 6 heteroatoms. The first-order chi connectivity index (χ1) is 11.2. The second kappa shape index (κ2) is 7.02. The first-order valence-electron chi connectivity index (χ1n) is 6.92. The molecule has 0 bridgehead atoms. The number of hydrogen-bond acceptors (Lipinski definition) is 4. The molecule has 2 N–H and O–H groups in total. The third-order valence-corrected chi connectivity index (χ3v) is 3.59. The van der Waals surface area contributed by atoms with Gasteiger partial charge in [-0.05, 0) is 17.7 Å². The number of nitrogens with zero attached hydrogens (tertiary/aromatic N) is 2. The van der Waals surface area contributed by atoms with Gasteiger partial charge in [-0.1, -0.05) is 58.4 Å². The number of aromatic nitrogens is 2. The molecule has 3 rings (SSSR count). The largest absolute Gasteiger partial charge is 0.291 e. The van der Waals surface area contributed by atoms with Crippen LogP contribution in [-0.2, 0) is 0 Å². The molecule has 0 fully saturated rings. The van der Waals surface area contributed by atoms with Gasteiger partial charge in [-0.2, -0.15) is 5.10 Å². The fourth-order valence-corrected chi connectivity index (χ4v) is 2.25. The SMILES string of the molecule is O=c1cc(-c2ccccc2)nc(N/N=C\c2ccc(Br)cc2)[nH]1. The minimum Gasteiger partial charge on any atom is -0.291 e. The van der Waals surface area contributed by atoms with Crippen molar-refractivity contribution in [3.05, 3.63) is 81.1 Å². The van der Waals surface area contributed by atoms with Gasteiger partial charge < -0.3 is 0 Å². The summed E-state index contributed by atoms with van der Waals surface area (Å²) in [4.78, 5) is 18.7. The molecule has 0 aliphatic carbocycles. The van der Waals surface area contributed by atoms with Crippen LogP contribution in [0.2, 0.25) is 0 Å². The van der Waals surface area contributed by atoms with E-state index in [1.54, 1.807) is 6.21 Å². The van der Waals surface area contributed by atoms with E-state index in [-0.39, 0.29) is 5.56 Å². The molecule has 1 aromatic heterocycles. The van der Waals surface area contributed by atoms with Gasteiger partial charge >= 0.3 is 0 Å². The van der Waals surface area contributed by atoms with Crippen LogP contribution in [0.5, 0.6) is 0 Å². The van der Waals surface area contributed by atoms with Gasteiger partial charge in [-0.25, -0.2) is 10.4 Å². The lowest BCUT2D eigenvalue weighted by molar-refractivity contribution is 1.09. The predicted octanol–water partition coefficient (Wildman–Crippen LogP) is 3.65. The van der Waals surface area contributed by atoms with Crippen LogP contribution >= 0.6 is 15.9 Å². The molecule has 3 aromatic rings. The lowest BCUT2D eigenvalue weighted by Crippen LogP contribution is -2.10. The van der Waals surface area contributed by atoms with Crippen molar-refractivity contribution in [3.63, 3.8) is 0 Å². The lowest BCUT2D eigenvalue weighted by atomic mass is 10.1. The van der Waals surface area contributed by atoms with Crippen LogP contribution in [0.1, 0.15) is 5.56 Å². The summed E-state index contributed by atoms with van der Waals surface area (Å²) in [6.45, 7) is 0. The summed E-state index contributed by atoms with van der Waals surface area (Å²) in [5.74, 6) is 0.296. The monoisotopic (exact) mass is 368 g/mol. The summed E-state index contributed by atoms with van der Waals surface area (Å²) < 4.78 is 1.00.